The van der Waals surface area contributed by atoms with E-state index in [1.165, 1.54) is 0 Å². The van der Waals surface area contributed by atoms with Crippen molar-refractivity contribution in [2.24, 2.45) is 0 Å². The van der Waals surface area contributed by atoms with Crippen LogP contribution in [-0.4, -0.2) is 10.8 Å². The molecule has 0 fully saturated rings. The molecular weight excluding hydrogens is 234 g/mol. The second kappa shape index (κ2) is 4.68. The van der Waals surface area contributed by atoms with Crippen molar-refractivity contribution in [3.8, 4) is 0 Å². The molecule has 0 bridgehead atoms. The summed E-state index contributed by atoms with van der Waals surface area (Å²) in [6.07, 6.45) is 1.61. The highest BCUT2D eigenvalue weighted by Crippen LogP contribution is 2.20. The van der Waals surface area contributed by atoms with Crippen LogP contribution in [0.25, 0.3) is 0 Å². The normalized spacial score (nSPS) is 10.3. The Bertz CT molecular complexity index is 578. The molecule has 17 heavy (non-hydrogen) atoms. The highest BCUT2D eigenvalue weighted by atomic mass is 35.5. The van der Waals surface area contributed by atoms with Crippen molar-refractivity contribution in [3.63, 3.8) is 0 Å². The van der Waals surface area contributed by atoms with Gasteiger partial charge in [0.05, 0.1) is 5.02 Å². The molecule has 0 N–H and O–H groups in total. The molecule has 0 aliphatic rings. The van der Waals surface area contributed by atoms with Crippen LogP contribution in [0.2, 0.25) is 5.02 Å². The van der Waals surface area contributed by atoms with Crippen molar-refractivity contribution in [3.05, 3.63) is 63.9 Å². The fourth-order valence-corrected chi connectivity index (χ4v) is 1.95. The van der Waals surface area contributed by atoms with Gasteiger partial charge in [0.2, 0.25) is 0 Å². The predicted molar refractivity (Wildman–Crippen MR) is 68.6 cm³/mol. The van der Waals surface area contributed by atoms with Crippen molar-refractivity contribution in [2.75, 3.05) is 0 Å². The summed E-state index contributed by atoms with van der Waals surface area (Å²) in [6.45, 7) is 3.80. The van der Waals surface area contributed by atoms with E-state index in [1.54, 1.807) is 30.5 Å². The maximum absolute atomic E-state index is 12.3. The molecule has 0 saturated carbocycles. The van der Waals surface area contributed by atoms with Gasteiger partial charge in [0.15, 0.2) is 5.78 Å². The Hall–Kier alpha value is -1.67. The van der Waals surface area contributed by atoms with Crippen molar-refractivity contribution in [2.45, 2.75) is 13.8 Å². The maximum Gasteiger partial charge on any atom is 0.196 e. The lowest BCUT2D eigenvalue weighted by Gasteiger charge is -2.06. The summed E-state index contributed by atoms with van der Waals surface area (Å²) in [7, 11) is 0. The highest BCUT2D eigenvalue weighted by Gasteiger charge is 2.14. The van der Waals surface area contributed by atoms with Crippen LogP contribution in [0, 0.1) is 13.8 Å². The smallest absolute Gasteiger partial charge is 0.196 e. The first-order chi connectivity index (χ1) is 8.09. The zero-order valence-electron chi connectivity index (χ0n) is 9.70. The van der Waals surface area contributed by atoms with Crippen LogP contribution >= 0.6 is 11.6 Å². The molecule has 1 aromatic carbocycles. The first-order valence-corrected chi connectivity index (χ1v) is 5.70. The van der Waals surface area contributed by atoms with Gasteiger partial charge in [-0.05, 0) is 37.6 Å². The average Bonchev–Trinajstić information content (AvgIpc) is 2.29. The van der Waals surface area contributed by atoms with E-state index in [0.29, 0.717) is 16.1 Å². The van der Waals surface area contributed by atoms with Crippen molar-refractivity contribution in [1.82, 2.24) is 4.98 Å². The van der Waals surface area contributed by atoms with Gasteiger partial charge in [-0.15, -0.1) is 0 Å². The second-order valence-electron chi connectivity index (χ2n) is 3.95. The largest absolute Gasteiger partial charge is 0.288 e. The molecule has 0 saturated heterocycles. The Labute approximate surface area is 105 Å². The van der Waals surface area contributed by atoms with Crippen LogP contribution in [0.4, 0.5) is 0 Å². The van der Waals surface area contributed by atoms with Crippen LogP contribution in [0.3, 0.4) is 0 Å². The van der Waals surface area contributed by atoms with E-state index in [-0.39, 0.29) is 5.78 Å². The van der Waals surface area contributed by atoms with E-state index >= 15 is 0 Å². The van der Waals surface area contributed by atoms with Crippen molar-refractivity contribution < 1.29 is 4.79 Å². The number of aryl methyl sites for hydroxylation is 2. The van der Waals surface area contributed by atoms with Gasteiger partial charge in [-0.25, -0.2) is 0 Å². The molecule has 1 heterocycles. The molecule has 2 rings (SSSR count). The molecule has 1 aromatic heterocycles. The quantitative estimate of drug-likeness (QED) is 0.757. The number of hydrogen-bond acceptors (Lipinski definition) is 2. The van der Waals surface area contributed by atoms with Gasteiger partial charge in [0, 0.05) is 23.0 Å². The predicted octanol–water partition coefficient (Wildman–Crippen LogP) is 3.58. The number of ketones is 1. The molecule has 0 radical (unpaired) electrons. The number of pyridine rings is 1. The molecule has 2 nitrogen and oxygen atoms in total. The van der Waals surface area contributed by atoms with Crippen LogP contribution in [-0.2, 0) is 0 Å². The fraction of sp³-hybridized carbons (Fsp3) is 0.143. The van der Waals surface area contributed by atoms with E-state index in [2.05, 4.69) is 4.98 Å². The molecule has 0 aliphatic carbocycles. The molecule has 0 unspecified atom stereocenters. The number of rotatable bonds is 2. The standard InChI is InChI=1S/C14H12ClNO/c1-9-7-10(2)16-8-12(9)14(17)11-5-3-4-6-13(11)15/h3-8H,1-2H3. The molecule has 0 amide bonds. The number of benzene rings is 1. The number of hydrogen-bond donors (Lipinski definition) is 0. The SMILES string of the molecule is Cc1cc(C)c(C(=O)c2ccccc2Cl)cn1. The Morgan fingerprint density at radius 2 is 1.88 bits per heavy atom. The molecular formula is C14H12ClNO. The minimum Gasteiger partial charge on any atom is -0.288 e. The van der Waals surface area contributed by atoms with Gasteiger partial charge in [0.1, 0.15) is 0 Å². The summed E-state index contributed by atoms with van der Waals surface area (Å²) in [5.74, 6) is -0.0828. The fourth-order valence-electron chi connectivity index (χ4n) is 1.72. The molecule has 0 aliphatic heterocycles. The number of nitrogens with zero attached hydrogens (tertiary/aromatic N) is 1. The Morgan fingerprint density at radius 3 is 2.53 bits per heavy atom. The number of carbonyl (C=O) groups is 1. The Kier molecular flexibility index (Phi) is 3.25. The summed E-state index contributed by atoms with van der Waals surface area (Å²) >= 11 is 6.01. The molecule has 3 heteroatoms. The van der Waals surface area contributed by atoms with Gasteiger partial charge in [-0.3, -0.25) is 9.78 Å². The van der Waals surface area contributed by atoms with Gasteiger partial charge in [0.25, 0.3) is 0 Å². The van der Waals surface area contributed by atoms with Crippen LogP contribution < -0.4 is 0 Å². The van der Waals surface area contributed by atoms with Crippen LogP contribution in [0.1, 0.15) is 27.2 Å². The monoisotopic (exact) mass is 245 g/mol. The van der Waals surface area contributed by atoms with Crippen molar-refractivity contribution >= 4 is 17.4 Å². The van der Waals surface area contributed by atoms with E-state index < -0.39 is 0 Å². The lowest BCUT2D eigenvalue weighted by Crippen LogP contribution is -2.05. The third-order valence-corrected chi connectivity index (χ3v) is 2.94. The topological polar surface area (TPSA) is 30.0 Å². The molecule has 0 spiro atoms. The summed E-state index contributed by atoms with van der Waals surface area (Å²) in [5, 5.41) is 0.470. The van der Waals surface area contributed by atoms with Crippen LogP contribution in [0.15, 0.2) is 36.5 Å². The zero-order valence-corrected chi connectivity index (χ0v) is 10.5. The molecule has 86 valence electrons. The lowest BCUT2D eigenvalue weighted by atomic mass is 10.0. The number of carbonyl (C=O) groups excluding carboxylic acids is 1. The minimum absolute atomic E-state index is 0.0828. The third kappa shape index (κ3) is 2.37. The molecule has 0 atom stereocenters. The second-order valence-corrected chi connectivity index (χ2v) is 4.36. The zero-order chi connectivity index (χ0) is 12.4. The third-order valence-electron chi connectivity index (χ3n) is 2.61. The van der Waals surface area contributed by atoms with Crippen LogP contribution in [0.5, 0.6) is 0 Å². The van der Waals surface area contributed by atoms with E-state index in [0.717, 1.165) is 11.3 Å². The first kappa shape index (κ1) is 11.8. The van der Waals surface area contributed by atoms with E-state index in [1.807, 2.05) is 19.9 Å². The first-order valence-electron chi connectivity index (χ1n) is 5.32. The number of aromatic nitrogens is 1. The Balaban J connectivity index is 2.48. The molecule has 2 aromatic rings. The van der Waals surface area contributed by atoms with E-state index in [9.17, 15) is 4.79 Å². The van der Waals surface area contributed by atoms with Gasteiger partial charge in [-0.2, -0.15) is 0 Å². The summed E-state index contributed by atoms with van der Waals surface area (Å²) in [4.78, 5) is 16.4. The highest BCUT2D eigenvalue weighted by molar-refractivity contribution is 6.35. The van der Waals surface area contributed by atoms with Gasteiger partial charge < -0.3 is 0 Å². The van der Waals surface area contributed by atoms with Gasteiger partial charge in [-0.1, -0.05) is 23.7 Å². The minimum atomic E-state index is -0.0828. The van der Waals surface area contributed by atoms with Gasteiger partial charge >= 0.3 is 0 Å². The van der Waals surface area contributed by atoms with E-state index in [4.69, 9.17) is 11.6 Å². The van der Waals surface area contributed by atoms with Crippen molar-refractivity contribution in [1.29, 1.82) is 0 Å². The maximum atomic E-state index is 12.3. The summed E-state index contributed by atoms with van der Waals surface area (Å²) < 4.78 is 0. The summed E-state index contributed by atoms with van der Waals surface area (Å²) in [5.41, 5.74) is 2.94. The Morgan fingerprint density at radius 1 is 1.18 bits per heavy atom. The lowest BCUT2D eigenvalue weighted by molar-refractivity contribution is 0.103. The number of halogens is 1. The summed E-state index contributed by atoms with van der Waals surface area (Å²) in [6, 6.07) is 8.94. The average molecular weight is 246 g/mol.